The number of allylic oxidation sites excluding steroid dienone is 1. The fourth-order valence-electron chi connectivity index (χ4n) is 0.707. The smallest absolute Gasteiger partial charge is 0.0137 e. The van der Waals surface area contributed by atoms with Crippen molar-refractivity contribution >= 4 is 15.9 Å². The number of hydrogen-bond acceptors (Lipinski definition) is 1. The maximum Gasteiger partial charge on any atom is 0.0137 e. The van der Waals surface area contributed by atoms with Crippen LogP contribution in [0.15, 0.2) is 12.2 Å². The van der Waals surface area contributed by atoms with Gasteiger partial charge in [0.15, 0.2) is 0 Å². The molecule has 0 saturated heterocycles. The number of hydrogen-bond donors (Lipinski definition) is 1. The van der Waals surface area contributed by atoms with Crippen molar-refractivity contribution in [1.82, 2.24) is 5.32 Å². The Bertz CT molecular complexity index is 112. The molecule has 66 valence electrons. The summed E-state index contributed by atoms with van der Waals surface area (Å²) < 4.78 is 0. The molecule has 0 heterocycles. The highest BCUT2D eigenvalue weighted by molar-refractivity contribution is 9.09. The van der Waals surface area contributed by atoms with E-state index in [1.807, 2.05) is 6.92 Å². The third-order valence-electron chi connectivity index (χ3n) is 1.89. The van der Waals surface area contributed by atoms with Crippen molar-refractivity contribution in [3.63, 3.8) is 0 Å². The minimum Gasteiger partial charge on any atom is -0.311 e. The largest absolute Gasteiger partial charge is 0.311 e. The van der Waals surface area contributed by atoms with Crippen molar-refractivity contribution in [2.24, 2.45) is 5.92 Å². The molecule has 0 rings (SSSR count). The van der Waals surface area contributed by atoms with Crippen LogP contribution in [0.1, 0.15) is 20.8 Å². The zero-order valence-electron chi connectivity index (χ0n) is 7.60. The van der Waals surface area contributed by atoms with E-state index in [0.29, 0.717) is 12.0 Å². The normalized spacial score (nSPS) is 17.1. The lowest BCUT2D eigenvalue weighted by atomic mass is 10.1. The molecular weight excluding hydrogens is 202 g/mol. The van der Waals surface area contributed by atoms with E-state index in [9.17, 15) is 0 Å². The fourth-order valence-corrected chi connectivity index (χ4v) is 1.27. The lowest BCUT2D eigenvalue weighted by Crippen LogP contribution is -2.32. The first-order valence-corrected chi connectivity index (χ1v) is 5.25. The van der Waals surface area contributed by atoms with Crippen LogP contribution in [-0.4, -0.2) is 17.9 Å². The lowest BCUT2D eigenvalue weighted by Gasteiger charge is -2.17. The van der Waals surface area contributed by atoms with Gasteiger partial charge in [-0.15, -0.1) is 0 Å². The molecule has 0 fully saturated rings. The first-order valence-electron chi connectivity index (χ1n) is 4.12. The minimum absolute atomic E-state index is 0.588. The summed E-state index contributed by atoms with van der Waals surface area (Å²) in [6, 6.07) is 0.588. The molecule has 2 heteroatoms. The van der Waals surface area contributed by atoms with E-state index in [2.05, 4.69) is 47.2 Å². The summed E-state index contributed by atoms with van der Waals surface area (Å²) in [5.74, 6) is 0.695. The van der Waals surface area contributed by atoms with Gasteiger partial charge in [0.25, 0.3) is 0 Å². The molecule has 0 aromatic heterocycles. The molecule has 0 aliphatic carbocycles. The Morgan fingerprint density at radius 1 is 1.45 bits per heavy atom. The van der Waals surface area contributed by atoms with Crippen molar-refractivity contribution < 1.29 is 0 Å². The van der Waals surface area contributed by atoms with Gasteiger partial charge in [0.2, 0.25) is 0 Å². The zero-order chi connectivity index (χ0) is 8.69. The summed E-state index contributed by atoms with van der Waals surface area (Å²) >= 11 is 3.47. The van der Waals surface area contributed by atoms with Gasteiger partial charge in [-0.05, 0) is 19.8 Å². The summed E-state index contributed by atoms with van der Waals surface area (Å²) in [5.41, 5.74) is 0. The van der Waals surface area contributed by atoms with E-state index in [0.717, 1.165) is 11.9 Å². The summed E-state index contributed by atoms with van der Waals surface area (Å²) in [4.78, 5) is 0. The molecule has 0 aromatic rings. The van der Waals surface area contributed by atoms with Crippen LogP contribution in [0.2, 0.25) is 0 Å². The third kappa shape index (κ3) is 5.45. The minimum atomic E-state index is 0.588. The second kappa shape index (κ2) is 6.86. The van der Waals surface area contributed by atoms with E-state index in [1.165, 1.54) is 0 Å². The molecule has 0 spiro atoms. The van der Waals surface area contributed by atoms with E-state index >= 15 is 0 Å². The first kappa shape index (κ1) is 11.2. The molecule has 11 heavy (non-hydrogen) atoms. The quantitative estimate of drug-likeness (QED) is 0.554. The van der Waals surface area contributed by atoms with Crippen LogP contribution in [0.25, 0.3) is 0 Å². The summed E-state index contributed by atoms with van der Waals surface area (Å²) in [6.45, 7) is 7.48. The molecule has 0 bridgehead atoms. The maximum absolute atomic E-state index is 3.47. The molecule has 1 nitrogen and oxygen atoms in total. The second-order valence-corrected chi connectivity index (χ2v) is 3.55. The predicted octanol–water partition coefficient (Wildman–Crippen LogP) is 2.57. The molecular formula is C9H18BrN. The second-order valence-electron chi connectivity index (χ2n) is 2.90. The monoisotopic (exact) mass is 219 g/mol. The number of alkyl halides is 1. The van der Waals surface area contributed by atoms with E-state index in [-0.39, 0.29) is 0 Å². The van der Waals surface area contributed by atoms with Gasteiger partial charge in [-0.3, -0.25) is 0 Å². The Morgan fingerprint density at radius 2 is 2.09 bits per heavy atom. The van der Waals surface area contributed by atoms with Gasteiger partial charge in [-0.25, -0.2) is 0 Å². The van der Waals surface area contributed by atoms with Gasteiger partial charge in [0.05, 0.1) is 0 Å². The standard InChI is InChI=1S/C9H18BrN/c1-4-5-6-11-9(3)8(2)7-10/h4-5,8-9,11H,6-7H2,1-3H3/b5-4+. The lowest BCUT2D eigenvalue weighted by molar-refractivity contribution is 0.453. The van der Waals surface area contributed by atoms with Gasteiger partial charge in [-0.1, -0.05) is 35.0 Å². The Hall–Kier alpha value is 0.180. The van der Waals surface area contributed by atoms with Crippen molar-refractivity contribution in [1.29, 1.82) is 0 Å². The number of halogens is 1. The van der Waals surface area contributed by atoms with Crippen LogP contribution in [0.5, 0.6) is 0 Å². The van der Waals surface area contributed by atoms with Crippen LogP contribution < -0.4 is 5.32 Å². The van der Waals surface area contributed by atoms with E-state index < -0.39 is 0 Å². The highest BCUT2D eigenvalue weighted by Gasteiger charge is 2.07. The van der Waals surface area contributed by atoms with Crippen LogP contribution in [0.3, 0.4) is 0 Å². The van der Waals surface area contributed by atoms with Gasteiger partial charge < -0.3 is 5.32 Å². The van der Waals surface area contributed by atoms with Gasteiger partial charge >= 0.3 is 0 Å². The van der Waals surface area contributed by atoms with Crippen molar-refractivity contribution in [3.05, 3.63) is 12.2 Å². The number of nitrogens with one attached hydrogen (secondary N) is 1. The van der Waals surface area contributed by atoms with Crippen molar-refractivity contribution in [2.75, 3.05) is 11.9 Å². The Balaban J connectivity index is 3.43. The Labute approximate surface area is 78.4 Å². The molecule has 2 unspecified atom stereocenters. The molecule has 0 aliphatic rings. The summed E-state index contributed by atoms with van der Waals surface area (Å²) in [5, 5.41) is 4.48. The van der Waals surface area contributed by atoms with E-state index in [1.54, 1.807) is 0 Å². The molecule has 0 saturated carbocycles. The summed E-state index contributed by atoms with van der Waals surface area (Å²) in [7, 11) is 0. The van der Waals surface area contributed by atoms with Crippen LogP contribution in [-0.2, 0) is 0 Å². The highest BCUT2D eigenvalue weighted by atomic mass is 79.9. The first-order chi connectivity index (χ1) is 5.22. The average Bonchev–Trinajstić information content (AvgIpc) is 2.03. The molecule has 0 amide bonds. The molecule has 0 radical (unpaired) electrons. The Kier molecular flexibility index (Phi) is 6.98. The van der Waals surface area contributed by atoms with Crippen LogP contribution in [0, 0.1) is 5.92 Å². The highest BCUT2D eigenvalue weighted by Crippen LogP contribution is 2.05. The number of rotatable bonds is 5. The third-order valence-corrected chi connectivity index (χ3v) is 2.91. The Morgan fingerprint density at radius 3 is 2.55 bits per heavy atom. The van der Waals surface area contributed by atoms with Gasteiger partial charge in [-0.2, -0.15) is 0 Å². The zero-order valence-corrected chi connectivity index (χ0v) is 9.19. The molecule has 1 N–H and O–H groups in total. The fraction of sp³-hybridized carbons (Fsp3) is 0.778. The van der Waals surface area contributed by atoms with Crippen molar-refractivity contribution in [3.8, 4) is 0 Å². The van der Waals surface area contributed by atoms with Gasteiger partial charge in [0.1, 0.15) is 0 Å². The average molecular weight is 220 g/mol. The van der Waals surface area contributed by atoms with Crippen LogP contribution in [0.4, 0.5) is 0 Å². The molecule has 0 aliphatic heterocycles. The summed E-state index contributed by atoms with van der Waals surface area (Å²) in [6.07, 6.45) is 4.20. The van der Waals surface area contributed by atoms with E-state index in [4.69, 9.17) is 0 Å². The maximum atomic E-state index is 3.47. The van der Waals surface area contributed by atoms with Gasteiger partial charge in [0, 0.05) is 17.9 Å². The van der Waals surface area contributed by atoms with Crippen LogP contribution >= 0.6 is 15.9 Å². The topological polar surface area (TPSA) is 12.0 Å². The molecule has 0 aromatic carbocycles. The predicted molar refractivity (Wildman–Crippen MR) is 55.2 cm³/mol. The van der Waals surface area contributed by atoms with Crippen molar-refractivity contribution in [2.45, 2.75) is 26.8 Å². The molecule has 2 atom stereocenters. The SMILES string of the molecule is C/C=C/CNC(C)C(C)CBr.